The van der Waals surface area contributed by atoms with E-state index in [-0.39, 0.29) is 43.7 Å². The third-order valence-corrected chi connectivity index (χ3v) is 9.26. The average Bonchev–Trinajstić information content (AvgIpc) is 3.01. The third kappa shape index (κ3) is 21.4. The molecular weight excluding hydrogens is 630 g/mol. The fourth-order valence-corrected chi connectivity index (χ4v) is 6.62. The normalized spacial score (nSPS) is 13.8. The number of hydrogen-bond acceptors (Lipinski definition) is 10. The molecule has 0 saturated heterocycles. The molecule has 0 saturated carbocycles. The van der Waals surface area contributed by atoms with E-state index in [0.29, 0.717) is 30.3 Å². The Morgan fingerprint density at radius 3 is 1.98 bits per heavy atom. The molecule has 0 aromatic carbocycles. The quantitative estimate of drug-likeness (QED) is 0.0228. The smallest absolute Gasteiger partial charge is 0.312 e. The molecule has 0 fully saturated rings. The Bertz CT molecular complexity index is 1010. The number of allylic oxidation sites excluding steroid dienone is 1. The minimum Gasteiger partial charge on any atom is -0.465 e. The van der Waals surface area contributed by atoms with E-state index in [1.165, 1.54) is 63.1 Å². The van der Waals surface area contributed by atoms with Gasteiger partial charge >= 0.3 is 11.9 Å². The Hall–Kier alpha value is -2.64. The summed E-state index contributed by atoms with van der Waals surface area (Å²) in [5, 5.41) is 9.94. The summed E-state index contributed by atoms with van der Waals surface area (Å²) in [6, 6.07) is 2.30. The van der Waals surface area contributed by atoms with Gasteiger partial charge in [0.25, 0.3) is 0 Å². The van der Waals surface area contributed by atoms with Crippen LogP contribution in [0.4, 0.5) is 0 Å². The van der Waals surface area contributed by atoms with Crippen LogP contribution in [0.25, 0.3) is 0 Å². The Balaban J connectivity index is 4.41. The maximum Gasteiger partial charge on any atom is 0.312 e. The van der Waals surface area contributed by atoms with E-state index in [9.17, 15) is 14.9 Å². The number of thioether (sulfide) groups is 1. The summed E-state index contributed by atoms with van der Waals surface area (Å²) in [5.41, 5.74) is -2.51. The number of rotatable bonds is 31. The van der Waals surface area contributed by atoms with Gasteiger partial charge in [0.1, 0.15) is 31.0 Å². The molecule has 2 unspecified atom stereocenters. The van der Waals surface area contributed by atoms with E-state index >= 15 is 0 Å². The minimum absolute atomic E-state index is 0.00299. The maximum absolute atomic E-state index is 13.2. The fourth-order valence-electron chi connectivity index (χ4n) is 5.62. The van der Waals surface area contributed by atoms with Crippen LogP contribution in [0.5, 0.6) is 0 Å². The average molecular weight is 696 g/mol. The van der Waals surface area contributed by atoms with E-state index in [1.54, 1.807) is 13.8 Å². The van der Waals surface area contributed by atoms with Crippen molar-refractivity contribution in [3.8, 4) is 6.07 Å². The molecule has 0 aliphatic rings. The molecular formula is C38H65NO8S. The first-order valence-corrected chi connectivity index (χ1v) is 18.7. The standard InChI is InChI=1S/C38H65NO8S/c1-11-13-14-15-16-17-18-19-20-21-22-42-34(40)36(7,8)30-48-27-33(6)47-45-24-23-43-35(41)38(10,25-31(3)4)28-37(9,29-39)26-32(5)46-44-12-2/h12,31H,2,5-6,11,13-28,30H2,1,3-4,7-10H3. The molecule has 0 spiro atoms. The van der Waals surface area contributed by atoms with Crippen LogP contribution in [0, 0.1) is 33.5 Å². The predicted molar refractivity (Wildman–Crippen MR) is 193 cm³/mol. The number of carbonyl (C=O) groups is 2. The van der Waals surface area contributed by atoms with Crippen LogP contribution in [-0.4, -0.2) is 43.3 Å². The van der Waals surface area contributed by atoms with Gasteiger partial charge in [-0.2, -0.15) is 21.9 Å². The van der Waals surface area contributed by atoms with Gasteiger partial charge in [0.15, 0.2) is 0 Å². The number of hydrogen-bond donors (Lipinski definition) is 0. The predicted octanol–water partition coefficient (Wildman–Crippen LogP) is 10.2. The van der Waals surface area contributed by atoms with Gasteiger partial charge in [0, 0.05) is 12.2 Å². The van der Waals surface area contributed by atoms with Gasteiger partial charge in [-0.1, -0.05) is 98.3 Å². The molecule has 10 heteroatoms. The summed E-state index contributed by atoms with van der Waals surface area (Å²) in [4.78, 5) is 46.1. The summed E-state index contributed by atoms with van der Waals surface area (Å²) in [5.74, 6) is 1.18. The van der Waals surface area contributed by atoms with Gasteiger partial charge in [-0.05, 0) is 52.9 Å². The Morgan fingerprint density at radius 2 is 1.42 bits per heavy atom. The molecule has 0 amide bonds. The highest BCUT2D eigenvalue weighted by atomic mass is 32.2. The molecule has 0 rings (SSSR count). The van der Waals surface area contributed by atoms with Crippen molar-refractivity contribution in [2.45, 2.75) is 132 Å². The molecule has 0 N–H and O–H groups in total. The molecule has 9 nitrogen and oxygen atoms in total. The number of ether oxygens (including phenoxy) is 2. The van der Waals surface area contributed by atoms with Crippen molar-refractivity contribution in [2.24, 2.45) is 22.2 Å². The van der Waals surface area contributed by atoms with E-state index in [0.717, 1.165) is 19.1 Å². The Kier molecular flexibility index (Phi) is 24.0. The van der Waals surface area contributed by atoms with Crippen molar-refractivity contribution < 1.29 is 38.6 Å². The van der Waals surface area contributed by atoms with Crippen LogP contribution in [0.1, 0.15) is 132 Å². The van der Waals surface area contributed by atoms with E-state index in [1.807, 2.05) is 27.7 Å². The lowest BCUT2D eigenvalue weighted by Crippen LogP contribution is -2.37. The summed E-state index contributed by atoms with van der Waals surface area (Å²) in [7, 11) is 0. The van der Waals surface area contributed by atoms with Crippen molar-refractivity contribution in [3.05, 3.63) is 37.5 Å². The van der Waals surface area contributed by atoms with Crippen molar-refractivity contribution >= 4 is 23.7 Å². The van der Waals surface area contributed by atoms with Gasteiger partial charge in [0.2, 0.25) is 0 Å². The minimum atomic E-state index is -0.947. The Morgan fingerprint density at radius 1 is 0.833 bits per heavy atom. The number of unbranched alkanes of at least 4 members (excludes halogenated alkanes) is 9. The molecule has 0 heterocycles. The summed E-state index contributed by atoms with van der Waals surface area (Å²) < 4.78 is 11.1. The van der Waals surface area contributed by atoms with Crippen LogP contribution >= 0.6 is 11.8 Å². The molecule has 276 valence electrons. The van der Waals surface area contributed by atoms with Crippen molar-refractivity contribution in [2.75, 3.05) is 31.3 Å². The molecule has 0 bridgehead atoms. The Labute approximate surface area is 296 Å². The van der Waals surface area contributed by atoms with Crippen LogP contribution in [0.15, 0.2) is 37.5 Å². The van der Waals surface area contributed by atoms with Crippen molar-refractivity contribution in [1.29, 1.82) is 5.26 Å². The van der Waals surface area contributed by atoms with Crippen LogP contribution in [-0.2, 0) is 38.6 Å². The zero-order valence-corrected chi connectivity index (χ0v) is 31.9. The van der Waals surface area contributed by atoms with Gasteiger partial charge < -0.3 is 14.4 Å². The number of nitrogens with zero attached hydrogens (tertiary/aromatic N) is 1. The van der Waals surface area contributed by atoms with E-state index in [2.05, 4.69) is 32.7 Å². The van der Waals surface area contributed by atoms with Crippen molar-refractivity contribution in [1.82, 2.24) is 0 Å². The van der Waals surface area contributed by atoms with Gasteiger partial charge in [-0.25, -0.2) is 0 Å². The molecule has 48 heavy (non-hydrogen) atoms. The highest BCUT2D eigenvalue weighted by Gasteiger charge is 2.43. The molecule has 0 radical (unpaired) electrons. The maximum atomic E-state index is 13.2. The second kappa shape index (κ2) is 25.3. The zero-order valence-electron chi connectivity index (χ0n) is 31.1. The first-order chi connectivity index (χ1) is 22.6. The molecule has 2 atom stereocenters. The highest BCUT2D eigenvalue weighted by molar-refractivity contribution is 7.99. The SMILES string of the molecule is C=COOC(=C)CC(C)(C#N)CC(C)(CC(C)C)C(=O)OCCOOC(=C)CSCC(C)(C)C(=O)OCCCCCCCCCCCC. The number of esters is 2. The molecule has 0 aromatic rings. The lowest BCUT2D eigenvalue weighted by atomic mass is 9.68. The summed E-state index contributed by atoms with van der Waals surface area (Å²) >= 11 is 1.50. The number of nitriles is 1. The topological polar surface area (TPSA) is 113 Å². The second-order valence-corrected chi connectivity index (χ2v) is 15.3. The first kappa shape index (κ1) is 45.4. The number of carbonyl (C=O) groups excluding carboxylic acids is 2. The monoisotopic (exact) mass is 695 g/mol. The van der Waals surface area contributed by atoms with E-state index < -0.39 is 22.2 Å². The van der Waals surface area contributed by atoms with Crippen LogP contribution in [0.2, 0.25) is 0 Å². The largest absolute Gasteiger partial charge is 0.465 e. The van der Waals surface area contributed by atoms with Gasteiger partial charge in [0.05, 0.1) is 34.7 Å². The molecule has 0 aliphatic heterocycles. The summed E-state index contributed by atoms with van der Waals surface area (Å²) in [6.07, 6.45) is 14.4. The lowest BCUT2D eigenvalue weighted by Gasteiger charge is -2.35. The van der Waals surface area contributed by atoms with Crippen LogP contribution in [0.3, 0.4) is 0 Å². The summed E-state index contributed by atoms with van der Waals surface area (Å²) in [6.45, 7) is 25.1. The van der Waals surface area contributed by atoms with Crippen molar-refractivity contribution in [3.63, 3.8) is 0 Å². The molecule has 0 aromatic heterocycles. The third-order valence-electron chi connectivity index (χ3n) is 7.81. The van der Waals surface area contributed by atoms with Crippen LogP contribution < -0.4 is 0 Å². The lowest BCUT2D eigenvalue weighted by molar-refractivity contribution is -0.265. The zero-order chi connectivity index (χ0) is 36.5. The van der Waals surface area contributed by atoms with Gasteiger partial charge in [-0.3, -0.25) is 19.4 Å². The van der Waals surface area contributed by atoms with E-state index in [4.69, 9.17) is 29.0 Å². The first-order valence-electron chi connectivity index (χ1n) is 17.6. The second-order valence-electron chi connectivity index (χ2n) is 14.3. The molecule has 0 aliphatic carbocycles. The van der Waals surface area contributed by atoms with Gasteiger partial charge in [-0.15, -0.1) is 0 Å². The highest BCUT2D eigenvalue weighted by Crippen LogP contribution is 2.43. The fraction of sp³-hybridized carbons (Fsp3) is 0.763.